The molecule has 2 unspecified atom stereocenters. The number of rotatable bonds is 5. The molecule has 2 atom stereocenters. The van der Waals surface area contributed by atoms with Crippen LogP contribution in [0.2, 0.25) is 0 Å². The molecule has 0 aromatic heterocycles. The van der Waals surface area contributed by atoms with E-state index >= 15 is 0 Å². The van der Waals surface area contributed by atoms with Crippen LogP contribution in [0.25, 0.3) is 0 Å². The summed E-state index contributed by atoms with van der Waals surface area (Å²) in [6.07, 6.45) is 3.85. The zero-order valence-corrected chi connectivity index (χ0v) is 14.0. The van der Waals surface area contributed by atoms with Crippen LogP contribution in [-0.2, 0) is 0 Å². The molecule has 0 heterocycles. The summed E-state index contributed by atoms with van der Waals surface area (Å²) in [6, 6.07) is 9.36. The van der Waals surface area contributed by atoms with E-state index in [-0.39, 0.29) is 0 Å². The van der Waals surface area contributed by atoms with Gasteiger partial charge in [0.25, 0.3) is 0 Å². The van der Waals surface area contributed by atoms with E-state index < -0.39 is 0 Å². The molecule has 1 aliphatic rings. The average molecular weight is 289 g/mol. The van der Waals surface area contributed by atoms with Gasteiger partial charge >= 0.3 is 0 Å². The van der Waals surface area contributed by atoms with Crippen LogP contribution in [0.4, 0.5) is 5.69 Å². The molecule has 1 nitrogen and oxygen atoms in total. The number of thioether (sulfide) groups is 1. The van der Waals surface area contributed by atoms with E-state index in [2.05, 4.69) is 57.3 Å². The lowest BCUT2D eigenvalue weighted by atomic mass is 9.81. The molecular weight excluding hydrogens is 262 g/mol. The van der Waals surface area contributed by atoms with Crippen LogP contribution in [0.1, 0.15) is 47.0 Å². The Hall–Kier alpha value is -0.890. The molecule has 0 saturated carbocycles. The number of anilines is 1. The topological polar surface area (TPSA) is 12.0 Å². The minimum absolute atomic E-state index is 0.542. The Morgan fingerprint density at radius 3 is 2.80 bits per heavy atom. The number of nitrogens with one attached hydrogen (secondary N) is 1. The van der Waals surface area contributed by atoms with E-state index in [1.807, 2.05) is 11.8 Å². The maximum absolute atomic E-state index is 3.71. The Kier molecular flexibility index (Phi) is 5.59. The van der Waals surface area contributed by atoms with Gasteiger partial charge in [-0.1, -0.05) is 24.1 Å². The molecule has 1 aromatic rings. The lowest BCUT2D eigenvalue weighted by Gasteiger charge is -2.30. The van der Waals surface area contributed by atoms with Crippen LogP contribution in [0, 0.1) is 5.92 Å². The number of allylic oxidation sites excluding steroid dienone is 2. The molecule has 20 heavy (non-hydrogen) atoms. The highest BCUT2D eigenvalue weighted by Crippen LogP contribution is 2.32. The summed E-state index contributed by atoms with van der Waals surface area (Å²) < 4.78 is 0. The van der Waals surface area contributed by atoms with E-state index in [1.54, 1.807) is 11.1 Å². The Balaban J connectivity index is 1.97. The van der Waals surface area contributed by atoms with Gasteiger partial charge in [-0.3, -0.25) is 0 Å². The molecule has 110 valence electrons. The van der Waals surface area contributed by atoms with Crippen LogP contribution < -0.4 is 5.32 Å². The minimum atomic E-state index is 0.542. The lowest BCUT2D eigenvalue weighted by Crippen LogP contribution is -2.28. The van der Waals surface area contributed by atoms with Crippen molar-refractivity contribution in [3.63, 3.8) is 0 Å². The summed E-state index contributed by atoms with van der Waals surface area (Å²) in [5.41, 5.74) is 4.47. The van der Waals surface area contributed by atoms with Gasteiger partial charge < -0.3 is 5.32 Å². The van der Waals surface area contributed by atoms with E-state index in [0.717, 1.165) is 11.7 Å². The first-order valence-corrected chi connectivity index (χ1v) is 8.73. The molecule has 1 N–H and O–H groups in total. The SMILES string of the molecule is CCSc1cccc(NC(C)C2CCC(C)=C(C)C2)c1. The van der Waals surface area contributed by atoms with Crippen molar-refractivity contribution < 1.29 is 0 Å². The predicted octanol–water partition coefficient (Wildman–Crippen LogP) is 5.74. The van der Waals surface area contributed by atoms with Crippen LogP contribution in [0.15, 0.2) is 40.3 Å². The van der Waals surface area contributed by atoms with Crippen molar-refractivity contribution >= 4 is 17.4 Å². The summed E-state index contributed by atoms with van der Waals surface area (Å²) in [4.78, 5) is 1.36. The van der Waals surface area contributed by atoms with Gasteiger partial charge in [0, 0.05) is 16.6 Å². The monoisotopic (exact) mass is 289 g/mol. The van der Waals surface area contributed by atoms with Crippen molar-refractivity contribution in [2.75, 3.05) is 11.1 Å². The number of hydrogen-bond donors (Lipinski definition) is 1. The second-order valence-electron chi connectivity index (χ2n) is 5.96. The highest BCUT2D eigenvalue weighted by Gasteiger charge is 2.22. The summed E-state index contributed by atoms with van der Waals surface area (Å²) in [5, 5.41) is 3.71. The molecule has 0 bridgehead atoms. The minimum Gasteiger partial charge on any atom is -0.382 e. The molecule has 0 fully saturated rings. The van der Waals surface area contributed by atoms with E-state index in [9.17, 15) is 0 Å². The molecule has 0 saturated heterocycles. The van der Waals surface area contributed by atoms with Crippen LogP contribution in [0.3, 0.4) is 0 Å². The maximum atomic E-state index is 3.71. The van der Waals surface area contributed by atoms with Gasteiger partial charge in [-0.15, -0.1) is 11.8 Å². The Labute approximate surface area is 128 Å². The second-order valence-corrected chi connectivity index (χ2v) is 7.29. The van der Waals surface area contributed by atoms with Gasteiger partial charge in [-0.25, -0.2) is 0 Å². The fourth-order valence-corrected chi connectivity index (χ4v) is 3.65. The number of hydrogen-bond acceptors (Lipinski definition) is 2. The largest absolute Gasteiger partial charge is 0.382 e. The third kappa shape index (κ3) is 4.05. The zero-order chi connectivity index (χ0) is 14.5. The highest BCUT2D eigenvalue weighted by atomic mass is 32.2. The van der Waals surface area contributed by atoms with Gasteiger partial charge in [0.2, 0.25) is 0 Å². The molecule has 1 aromatic carbocycles. The Morgan fingerprint density at radius 2 is 2.10 bits per heavy atom. The van der Waals surface area contributed by atoms with Gasteiger partial charge in [0.05, 0.1) is 0 Å². The van der Waals surface area contributed by atoms with E-state index in [0.29, 0.717) is 6.04 Å². The fraction of sp³-hybridized carbons (Fsp3) is 0.556. The lowest BCUT2D eigenvalue weighted by molar-refractivity contribution is 0.408. The fourth-order valence-electron chi connectivity index (χ4n) is 2.93. The van der Waals surface area contributed by atoms with Gasteiger partial charge in [-0.05, 0) is 69.9 Å². The third-order valence-electron chi connectivity index (χ3n) is 4.43. The first-order valence-electron chi connectivity index (χ1n) is 7.74. The number of benzene rings is 1. The van der Waals surface area contributed by atoms with Gasteiger partial charge in [0.1, 0.15) is 0 Å². The van der Waals surface area contributed by atoms with Gasteiger partial charge in [0.15, 0.2) is 0 Å². The summed E-state index contributed by atoms with van der Waals surface area (Å²) in [6.45, 7) is 9.12. The third-order valence-corrected chi connectivity index (χ3v) is 5.31. The molecule has 2 heteroatoms. The molecule has 1 aliphatic carbocycles. The van der Waals surface area contributed by atoms with Crippen molar-refractivity contribution in [3.8, 4) is 0 Å². The standard InChI is InChI=1S/C18H27NS/c1-5-20-18-8-6-7-17(12-18)19-15(4)16-10-9-13(2)14(3)11-16/h6-8,12,15-16,19H,5,9-11H2,1-4H3. The summed E-state index contributed by atoms with van der Waals surface area (Å²) >= 11 is 1.91. The summed E-state index contributed by atoms with van der Waals surface area (Å²) in [7, 11) is 0. The highest BCUT2D eigenvalue weighted by molar-refractivity contribution is 7.99. The zero-order valence-electron chi connectivity index (χ0n) is 13.2. The van der Waals surface area contributed by atoms with Crippen LogP contribution >= 0.6 is 11.8 Å². The molecule has 2 rings (SSSR count). The predicted molar refractivity (Wildman–Crippen MR) is 91.6 cm³/mol. The van der Waals surface area contributed by atoms with Crippen molar-refractivity contribution in [3.05, 3.63) is 35.4 Å². The molecule has 0 spiro atoms. The maximum Gasteiger partial charge on any atom is 0.0353 e. The molecule has 0 radical (unpaired) electrons. The van der Waals surface area contributed by atoms with Crippen molar-refractivity contribution in [1.29, 1.82) is 0 Å². The Bertz CT molecular complexity index is 478. The van der Waals surface area contributed by atoms with E-state index in [1.165, 1.54) is 29.8 Å². The quantitative estimate of drug-likeness (QED) is 0.548. The molecular formula is C18H27NS. The molecule has 0 aliphatic heterocycles. The molecule has 0 amide bonds. The average Bonchev–Trinajstić information content (AvgIpc) is 2.42. The first kappa shape index (κ1) is 15.5. The summed E-state index contributed by atoms with van der Waals surface area (Å²) in [5.74, 6) is 1.89. The van der Waals surface area contributed by atoms with Crippen LogP contribution in [0.5, 0.6) is 0 Å². The van der Waals surface area contributed by atoms with Crippen molar-refractivity contribution in [2.45, 2.75) is 57.9 Å². The van der Waals surface area contributed by atoms with Gasteiger partial charge in [-0.2, -0.15) is 0 Å². The van der Waals surface area contributed by atoms with Crippen LogP contribution in [-0.4, -0.2) is 11.8 Å². The normalized spacial score (nSPS) is 20.9. The smallest absolute Gasteiger partial charge is 0.0353 e. The van der Waals surface area contributed by atoms with Crippen molar-refractivity contribution in [2.24, 2.45) is 5.92 Å². The first-order chi connectivity index (χ1) is 9.60. The van der Waals surface area contributed by atoms with Crippen molar-refractivity contribution in [1.82, 2.24) is 0 Å². The second kappa shape index (κ2) is 7.21. The Morgan fingerprint density at radius 1 is 1.30 bits per heavy atom. The van der Waals surface area contributed by atoms with E-state index in [4.69, 9.17) is 0 Å².